The minimum Gasteiger partial charge on any atom is -0.506 e. The Labute approximate surface area is 168 Å². The number of phenols is 1. The Bertz CT molecular complexity index is 1030. The monoisotopic (exact) mass is 388 g/mol. The number of carbonyl (C=O) groups is 1. The molecule has 0 saturated carbocycles. The summed E-state index contributed by atoms with van der Waals surface area (Å²) in [6, 6.07) is 17.8. The Balaban J connectivity index is 1.59. The minimum absolute atomic E-state index is 0.0320. The molecule has 1 N–H and O–H groups in total. The van der Waals surface area contributed by atoms with Gasteiger partial charge < -0.3 is 14.6 Å². The third kappa shape index (κ3) is 4.38. The summed E-state index contributed by atoms with van der Waals surface area (Å²) in [6.07, 6.45) is 4.86. The number of para-hydroxylation sites is 2. The van der Waals surface area contributed by atoms with Crippen molar-refractivity contribution in [1.82, 2.24) is 4.98 Å². The molecule has 146 valence electrons. The average molecular weight is 388 g/mol. The first-order chi connectivity index (χ1) is 14.2. The highest BCUT2D eigenvalue weighted by molar-refractivity contribution is 6.04. The van der Waals surface area contributed by atoms with Crippen molar-refractivity contribution >= 4 is 17.7 Å². The van der Waals surface area contributed by atoms with Crippen molar-refractivity contribution in [2.24, 2.45) is 0 Å². The maximum atomic E-state index is 13.0. The molecule has 0 saturated heterocycles. The summed E-state index contributed by atoms with van der Waals surface area (Å²) in [5.74, 6) is 1.12. The molecule has 1 aliphatic heterocycles. The number of hydrogen-bond acceptors (Lipinski definition) is 5. The Morgan fingerprint density at radius 1 is 1.03 bits per heavy atom. The van der Waals surface area contributed by atoms with Crippen LogP contribution in [-0.4, -0.2) is 29.2 Å². The number of nitrogens with zero attached hydrogens (tertiary/aromatic N) is 2. The van der Waals surface area contributed by atoms with Crippen LogP contribution in [-0.2, 0) is 11.3 Å². The van der Waals surface area contributed by atoms with Gasteiger partial charge in [0.2, 0.25) is 0 Å². The van der Waals surface area contributed by atoms with Gasteiger partial charge in [-0.05, 0) is 48.0 Å². The van der Waals surface area contributed by atoms with Crippen molar-refractivity contribution in [3.63, 3.8) is 0 Å². The number of carbonyl (C=O) groups excluding carboxylic acids is 1. The Hall–Kier alpha value is -3.80. The van der Waals surface area contributed by atoms with Gasteiger partial charge in [-0.25, -0.2) is 0 Å². The van der Waals surface area contributed by atoms with Gasteiger partial charge in [-0.15, -0.1) is 0 Å². The number of aromatic hydroxyl groups is 1. The number of amides is 1. The van der Waals surface area contributed by atoms with E-state index in [1.54, 1.807) is 36.5 Å². The Morgan fingerprint density at radius 3 is 2.62 bits per heavy atom. The molecule has 4 rings (SSSR count). The molecule has 3 aromatic rings. The van der Waals surface area contributed by atoms with Crippen molar-refractivity contribution in [3.8, 4) is 17.2 Å². The number of aromatic nitrogens is 1. The van der Waals surface area contributed by atoms with Crippen LogP contribution in [0.4, 0.5) is 5.69 Å². The fourth-order valence-corrected chi connectivity index (χ4v) is 3.05. The number of pyridine rings is 1. The molecule has 2 heterocycles. The predicted molar refractivity (Wildman–Crippen MR) is 110 cm³/mol. The number of fused-ring (bicyclic) bond motifs is 1. The molecule has 1 aromatic heterocycles. The Morgan fingerprint density at radius 2 is 1.83 bits per heavy atom. The first-order valence-electron chi connectivity index (χ1n) is 9.28. The number of anilines is 1. The van der Waals surface area contributed by atoms with E-state index < -0.39 is 0 Å². The highest BCUT2D eigenvalue weighted by atomic mass is 16.6. The second kappa shape index (κ2) is 8.48. The molecule has 0 spiro atoms. The largest absolute Gasteiger partial charge is 0.506 e. The van der Waals surface area contributed by atoms with Crippen LogP contribution in [0.15, 0.2) is 72.9 Å². The minimum atomic E-state index is -0.271. The molecule has 0 atom stereocenters. The third-order valence-electron chi connectivity index (χ3n) is 4.47. The van der Waals surface area contributed by atoms with Crippen LogP contribution in [0.1, 0.15) is 11.3 Å². The average Bonchev–Trinajstić information content (AvgIpc) is 2.77. The normalized spacial score (nSPS) is 12.7. The quantitative estimate of drug-likeness (QED) is 0.673. The van der Waals surface area contributed by atoms with E-state index in [0.717, 1.165) is 11.3 Å². The van der Waals surface area contributed by atoms with Gasteiger partial charge in [0, 0.05) is 12.3 Å². The fourth-order valence-electron chi connectivity index (χ4n) is 3.05. The predicted octanol–water partition coefficient (Wildman–Crippen LogP) is 3.81. The zero-order chi connectivity index (χ0) is 20.1. The van der Waals surface area contributed by atoms with Gasteiger partial charge in [-0.2, -0.15) is 0 Å². The summed E-state index contributed by atoms with van der Waals surface area (Å²) < 4.78 is 11.1. The number of rotatable bonds is 5. The van der Waals surface area contributed by atoms with E-state index in [2.05, 4.69) is 4.98 Å². The molecular formula is C23H20N2O4. The van der Waals surface area contributed by atoms with Gasteiger partial charge in [0.05, 0.1) is 17.9 Å². The second-order valence-electron chi connectivity index (χ2n) is 6.47. The lowest BCUT2D eigenvalue weighted by Gasteiger charge is -2.22. The fraction of sp³-hybridized carbons (Fsp3) is 0.130. The molecule has 0 fully saturated rings. The standard InChI is InChI=1S/C23H20N2O4/c26-20-7-2-1-6-19(20)25(16-18-5-3-4-12-24-18)23(27)11-9-17-8-10-21-22(15-17)29-14-13-28-21/h1-12,15,26H,13-14,16H2/b11-9-. The van der Waals surface area contributed by atoms with Crippen molar-refractivity contribution in [2.75, 3.05) is 18.1 Å². The van der Waals surface area contributed by atoms with Crippen LogP contribution in [0.5, 0.6) is 17.2 Å². The third-order valence-corrected chi connectivity index (χ3v) is 4.47. The van der Waals surface area contributed by atoms with Crippen molar-refractivity contribution in [3.05, 3.63) is 84.2 Å². The first kappa shape index (κ1) is 18.6. The molecule has 0 aliphatic carbocycles. The van der Waals surface area contributed by atoms with Crippen LogP contribution in [0, 0.1) is 0 Å². The van der Waals surface area contributed by atoms with Gasteiger partial charge >= 0.3 is 0 Å². The molecule has 6 nitrogen and oxygen atoms in total. The zero-order valence-corrected chi connectivity index (χ0v) is 15.7. The molecule has 6 heteroatoms. The summed E-state index contributed by atoms with van der Waals surface area (Å²) in [5, 5.41) is 10.3. The molecule has 0 bridgehead atoms. The molecule has 1 aliphatic rings. The summed E-state index contributed by atoms with van der Waals surface area (Å²) in [5.41, 5.74) is 1.96. The summed E-state index contributed by atoms with van der Waals surface area (Å²) in [4.78, 5) is 18.8. The first-order valence-corrected chi connectivity index (χ1v) is 9.28. The van der Waals surface area contributed by atoms with E-state index >= 15 is 0 Å². The second-order valence-corrected chi connectivity index (χ2v) is 6.47. The number of benzene rings is 2. The number of hydrogen-bond donors (Lipinski definition) is 1. The van der Waals surface area contributed by atoms with E-state index in [1.807, 2.05) is 36.4 Å². The molecule has 0 unspecified atom stereocenters. The SMILES string of the molecule is O=C(/C=C\c1ccc2c(c1)OCCO2)N(Cc1ccccn1)c1ccccc1O. The highest BCUT2D eigenvalue weighted by Crippen LogP contribution is 2.31. The Kier molecular flexibility index (Phi) is 5.42. The van der Waals surface area contributed by atoms with Gasteiger partial charge in [-0.1, -0.05) is 24.3 Å². The van der Waals surface area contributed by atoms with Gasteiger partial charge in [0.15, 0.2) is 11.5 Å². The number of phenolic OH excluding ortho intramolecular Hbond substituents is 1. The highest BCUT2D eigenvalue weighted by Gasteiger charge is 2.18. The lowest BCUT2D eigenvalue weighted by Crippen LogP contribution is -2.29. The van der Waals surface area contributed by atoms with E-state index in [9.17, 15) is 9.90 Å². The van der Waals surface area contributed by atoms with E-state index in [1.165, 1.54) is 11.0 Å². The molecule has 2 aromatic carbocycles. The van der Waals surface area contributed by atoms with Crippen molar-refractivity contribution < 1.29 is 19.4 Å². The maximum absolute atomic E-state index is 13.0. The maximum Gasteiger partial charge on any atom is 0.251 e. The van der Waals surface area contributed by atoms with Crippen LogP contribution >= 0.6 is 0 Å². The zero-order valence-electron chi connectivity index (χ0n) is 15.7. The van der Waals surface area contributed by atoms with Crippen LogP contribution in [0.2, 0.25) is 0 Å². The van der Waals surface area contributed by atoms with Gasteiger partial charge in [0.25, 0.3) is 5.91 Å². The summed E-state index contributed by atoms with van der Waals surface area (Å²) in [7, 11) is 0. The van der Waals surface area contributed by atoms with Crippen molar-refractivity contribution in [1.29, 1.82) is 0 Å². The number of ether oxygens (including phenoxy) is 2. The van der Waals surface area contributed by atoms with Crippen LogP contribution in [0.3, 0.4) is 0 Å². The van der Waals surface area contributed by atoms with Gasteiger partial charge in [-0.3, -0.25) is 14.7 Å². The summed E-state index contributed by atoms with van der Waals surface area (Å²) in [6.45, 7) is 1.27. The molecule has 0 radical (unpaired) electrons. The lowest BCUT2D eigenvalue weighted by molar-refractivity contribution is -0.114. The van der Waals surface area contributed by atoms with E-state index in [4.69, 9.17) is 9.47 Å². The molecule has 29 heavy (non-hydrogen) atoms. The van der Waals surface area contributed by atoms with Crippen LogP contribution in [0.25, 0.3) is 6.08 Å². The molecular weight excluding hydrogens is 368 g/mol. The smallest absolute Gasteiger partial charge is 0.251 e. The van der Waals surface area contributed by atoms with Crippen molar-refractivity contribution in [2.45, 2.75) is 6.54 Å². The summed E-state index contributed by atoms with van der Waals surface area (Å²) >= 11 is 0. The van der Waals surface area contributed by atoms with Crippen LogP contribution < -0.4 is 14.4 Å². The van der Waals surface area contributed by atoms with Gasteiger partial charge in [0.1, 0.15) is 19.0 Å². The lowest BCUT2D eigenvalue weighted by atomic mass is 10.1. The topological polar surface area (TPSA) is 71.9 Å². The molecule has 1 amide bonds. The van der Waals surface area contributed by atoms with E-state index in [0.29, 0.717) is 30.4 Å². The van der Waals surface area contributed by atoms with E-state index in [-0.39, 0.29) is 18.2 Å².